The van der Waals surface area contributed by atoms with E-state index in [0.29, 0.717) is 6.61 Å². The average Bonchev–Trinajstić information content (AvgIpc) is 2.44. The van der Waals surface area contributed by atoms with E-state index in [1.54, 1.807) is 11.8 Å². The van der Waals surface area contributed by atoms with Gasteiger partial charge in [-0.3, -0.25) is 0 Å². The Kier molecular flexibility index (Phi) is 5.16. The van der Waals surface area contributed by atoms with Crippen LogP contribution in [0.5, 0.6) is 5.75 Å². The molecule has 0 aliphatic heterocycles. The second-order valence-corrected chi connectivity index (χ2v) is 5.20. The second kappa shape index (κ2) is 7.10. The number of nitrogens with one attached hydrogen (secondary N) is 1. The first-order chi connectivity index (χ1) is 9.28. The number of hydrogen-bond acceptors (Lipinski definition) is 3. The molecule has 0 saturated heterocycles. The van der Waals surface area contributed by atoms with Gasteiger partial charge in [0.15, 0.2) is 0 Å². The number of anilines is 1. The highest BCUT2D eigenvalue weighted by Crippen LogP contribution is 2.18. The van der Waals surface area contributed by atoms with Gasteiger partial charge < -0.3 is 10.1 Å². The quantitative estimate of drug-likeness (QED) is 0.629. The Morgan fingerprint density at radius 3 is 2.74 bits per heavy atom. The van der Waals surface area contributed by atoms with Crippen LogP contribution in [0.1, 0.15) is 5.56 Å². The van der Waals surface area contributed by atoms with Gasteiger partial charge in [-0.2, -0.15) is 0 Å². The Morgan fingerprint density at radius 2 is 1.95 bits per heavy atom. The van der Waals surface area contributed by atoms with Crippen LogP contribution < -0.4 is 10.1 Å². The van der Waals surface area contributed by atoms with Gasteiger partial charge in [-0.15, -0.1) is 11.8 Å². The van der Waals surface area contributed by atoms with Crippen LogP contribution in [0.2, 0.25) is 0 Å². The number of thioether (sulfide) groups is 1. The van der Waals surface area contributed by atoms with E-state index >= 15 is 0 Å². The molecule has 0 aliphatic rings. The number of aryl methyl sites for hydroxylation is 1. The van der Waals surface area contributed by atoms with Gasteiger partial charge in [-0.25, -0.2) is 0 Å². The van der Waals surface area contributed by atoms with E-state index in [-0.39, 0.29) is 0 Å². The fraction of sp³-hybridized carbons (Fsp3) is 0.250. The maximum absolute atomic E-state index is 5.70. The van der Waals surface area contributed by atoms with E-state index in [0.717, 1.165) is 18.0 Å². The van der Waals surface area contributed by atoms with E-state index in [2.05, 4.69) is 48.8 Å². The summed E-state index contributed by atoms with van der Waals surface area (Å²) in [6.45, 7) is 3.53. The Balaban J connectivity index is 1.77. The minimum atomic E-state index is 0.660. The Labute approximate surface area is 119 Å². The molecule has 0 aliphatic carbocycles. The van der Waals surface area contributed by atoms with Crippen molar-refractivity contribution in [2.24, 2.45) is 0 Å². The highest BCUT2D eigenvalue weighted by Gasteiger charge is 1.96. The predicted octanol–water partition coefficient (Wildman–Crippen LogP) is 4.21. The van der Waals surface area contributed by atoms with Crippen molar-refractivity contribution >= 4 is 17.4 Å². The van der Waals surface area contributed by atoms with Crippen molar-refractivity contribution in [2.75, 3.05) is 24.7 Å². The van der Waals surface area contributed by atoms with E-state index in [1.807, 2.05) is 18.2 Å². The van der Waals surface area contributed by atoms with E-state index in [9.17, 15) is 0 Å². The normalized spacial score (nSPS) is 10.2. The largest absolute Gasteiger partial charge is 0.492 e. The van der Waals surface area contributed by atoms with Gasteiger partial charge in [0.2, 0.25) is 0 Å². The molecule has 0 saturated carbocycles. The van der Waals surface area contributed by atoms with Gasteiger partial charge in [-0.1, -0.05) is 18.2 Å². The fourth-order valence-electron chi connectivity index (χ4n) is 1.80. The molecule has 100 valence electrons. The number of benzene rings is 2. The monoisotopic (exact) mass is 273 g/mol. The summed E-state index contributed by atoms with van der Waals surface area (Å²) in [6, 6.07) is 16.5. The summed E-state index contributed by atoms with van der Waals surface area (Å²) >= 11 is 1.75. The van der Waals surface area contributed by atoms with E-state index in [1.165, 1.54) is 10.5 Å². The van der Waals surface area contributed by atoms with Crippen LogP contribution in [0.25, 0.3) is 0 Å². The van der Waals surface area contributed by atoms with Crippen LogP contribution in [-0.4, -0.2) is 19.4 Å². The molecule has 0 amide bonds. The summed E-state index contributed by atoms with van der Waals surface area (Å²) in [4.78, 5) is 1.27. The fourth-order valence-corrected chi connectivity index (χ4v) is 2.26. The predicted molar refractivity (Wildman–Crippen MR) is 83.4 cm³/mol. The lowest BCUT2D eigenvalue weighted by Gasteiger charge is -2.09. The van der Waals surface area contributed by atoms with Gasteiger partial charge >= 0.3 is 0 Å². The molecule has 2 rings (SSSR count). The lowest BCUT2D eigenvalue weighted by atomic mass is 10.2. The molecule has 0 radical (unpaired) electrons. The second-order valence-electron chi connectivity index (χ2n) is 4.32. The first-order valence-corrected chi connectivity index (χ1v) is 7.58. The van der Waals surface area contributed by atoms with Crippen molar-refractivity contribution in [1.29, 1.82) is 0 Å². The SMILES string of the molecule is CSc1cccc(NCCOc2cccc(C)c2)c1. The zero-order chi connectivity index (χ0) is 13.5. The number of hydrogen-bond donors (Lipinski definition) is 1. The number of ether oxygens (including phenoxy) is 1. The third-order valence-electron chi connectivity index (χ3n) is 2.76. The van der Waals surface area contributed by atoms with Gasteiger partial charge in [0.1, 0.15) is 12.4 Å². The van der Waals surface area contributed by atoms with Crippen molar-refractivity contribution in [3.63, 3.8) is 0 Å². The Bertz CT molecular complexity index is 528. The molecule has 0 unspecified atom stereocenters. The van der Waals surface area contributed by atoms with Gasteiger partial charge in [0, 0.05) is 17.1 Å². The van der Waals surface area contributed by atoms with Crippen LogP contribution in [-0.2, 0) is 0 Å². The molecular formula is C16H19NOS. The van der Waals surface area contributed by atoms with Gasteiger partial charge in [-0.05, 0) is 49.1 Å². The molecule has 19 heavy (non-hydrogen) atoms. The van der Waals surface area contributed by atoms with Crippen LogP contribution in [0, 0.1) is 6.92 Å². The molecule has 2 nitrogen and oxygen atoms in total. The standard InChI is InChI=1S/C16H19NOS/c1-13-5-3-7-15(11-13)18-10-9-17-14-6-4-8-16(12-14)19-2/h3-8,11-12,17H,9-10H2,1-2H3. The zero-order valence-electron chi connectivity index (χ0n) is 11.3. The molecule has 1 N–H and O–H groups in total. The number of rotatable bonds is 6. The Morgan fingerprint density at radius 1 is 1.11 bits per heavy atom. The first kappa shape index (κ1) is 13.8. The maximum atomic E-state index is 5.70. The average molecular weight is 273 g/mol. The molecule has 0 heterocycles. The third kappa shape index (κ3) is 4.52. The lowest BCUT2D eigenvalue weighted by Crippen LogP contribution is -2.11. The smallest absolute Gasteiger partial charge is 0.119 e. The summed E-state index contributed by atoms with van der Waals surface area (Å²) in [6.07, 6.45) is 2.08. The highest BCUT2D eigenvalue weighted by atomic mass is 32.2. The lowest BCUT2D eigenvalue weighted by molar-refractivity contribution is 0.332. The van der Waals surface area contributed by atoms with Crippen LogP contribution in [0.15, 0.2) is 53.4 Å². The summed E-state index contributed by atoms with van der Waals surface area (Å²) in [5, 5.41) is 3.37. The highest BCUT2D eigenvalue weighted by molar-refractivity contribution is 7.98. The van der Waals surface area contributed by atoms with Crippen LogP contribution in [0.4, 0.5) is 5.69 Å². The molecule has 0 bridgehead atoms. The first-order valence-electron chi connectivity index (χ1n) is 6.35. The van der Waals surface area contributed by atoms with Crippen LogP contribution in [0.3, 0.4) is 0 Å². The van der Waals surface area contributed by atoms with Crippen LogP contribution >= 0.6 is 11.8 Å². The molecule has 0 spiro atoms. The molecule has 3 heteroatoms. The van der Waals surface area contributed by atoms with Crippen molar-refractivity contribution in [1.82, 2.24) is 0 Å². The molecular weight excluding hydrogens is 254 g/mol. The zero-order valence-corrected chi connectivity index (χ0v) is 12.2. The van der Waals surface area contributed by atoms with Crippen molar-refractivity contribution in [2.45, 2.75) is 11.8 Å². The topological polar surface area (TPSA) is 21.3 Å². The van der Waals surface area contributed by atoms with Gasteiger partial charge in [0.25, 0.3) is 0 Å². The molecule has 0 fully saturated rings. The maximum Gasteiger partial charge on any atom is 0.119 e. The van der Waals surface area contributed by atoms with Gasteiger partial charge in [0.05, 0.1) is 0 Å². The summed E-state index contributed by atoms with van der Waals surface area (Å²) in [7, 11) is 0. The third-order valence-corrected chi connectivity index (χ3v) is 3.48. The molecule has 2 aromatic rings. The summed E-state index contributed by atoms with van der Waals surface area (Å²) < 4.78 is 5.70. The van der Waals surface area contributed by atoms with Crippen molar-refractivity contribution in [3.8, 4) is 5.75 Å². The van der Waals surface area contributed by atoms with Crippen molar-refractivity contribution in [3.05, 3.63) is 54.1 Å². The van der Waals surface area contributed by atoms with E-state index < -0.39 is 0 Å². The molecule has 0 aromatic heterocycles. The Hall–Kier alpha value is -1.61. The summed E-state index contributed by atoms with van der Waals surface area (Å²) in [5.74, 6) is 0.930. The minimum Gasteiger partial charge on any atom is -0.492 e. The molecule has 2 aromatic carbocycles. The van der Waals surface area contributed by atoms with E-state index in [4.69, 9.17) is 4.74 Å². The van der Waals surface area contributed by atoms with Crippen molar-refractivity contribution < 1.29 is 4.74 Å². The minimum absolute atomic E-state index is 0.660. The molecule has 0 atom stereocenters. The summed E-state index contributed by atoms with van der Waals surface area (Å²) in [5.41, 5.74) is 2.36.